The van der Waals surface area contributed by atoms with Crippen molar-refractivity contribution in [1.29, 1.82) is 0 Å². The molecule has 1 aliphatic carbocycles. The lowest BCUT2D eigenvalue weighted by atomic mass is 9.95. The summed E-state index contributed by atoms with van der Waals surface area (Å²) in [4.78, 5) is 18.0. The van der Waals surface area contributed by atoms with Gasteiger partial charge in [-0.15, -0.1) is 0 Å². The molecule has 25 heavy (non-hydrogen) atoms. The van der Waals surface area contributed by atoms with Crippen LogP contribution in [0.2, 0.25) is 5.02 Å². The number of thioether (sulfide) groups is 1. The molecule has 1 atom stereocenters. The molecule has 0 amide bonds. The molecule has 4 rings (SSSR count). The van der Waals surface area contributed by atoms with E-state index >= 15 is 0 Å². The summed E-state index contributed by atoms with van der Waals surface area (Å²) in [6, 6.07) is 5.64. The first-order valence-corrected chi connectivity index (χ1v) is 10.5. The van der Waals surface area contributed by atoms with Crippen molar-refractivity contribution in [2.24, 2.45) is 0 Å². The third-order valence-electron chi connectivity index (χ3n) is 5.19. The number of nitrogens with zero attached hydrogens (tertiary/aromatic N) is 2. The van der Waals surface area contributed by atoms with Gasteiger partial charge < -0.3 is 4.74 Å². The third kappa shape index (κ3) is 3.74. The zero-order valence-electron chi connectivity index (χ0n) is 14.2. The minimum Gasteiger partial charge on any atom is -0.377 e. The largest absolute Gasteiger partial charge is 0.377 e. The lowest BCUT2D eigenvalue weighted by Gasteiger charge is -2.26. The second kappa shape index (κ2) is 7.68. The predicted octanol–water partition coefficient (Wildman–Crippen LogP) is 4.83. The fourth-order valence-corrected chi connectivity index (χ4v) is 5.16. The Morgan fingerprint density at radius 2 is 2.04 bits per heavy atom. The molecule has 2 fully saturated rings. The number of hydrogen-bond acceptors (Lipinski definition) is 4. The summed E-state index contributed by atoms with van der Waals surface area (Å²) in [5, 5.41) is 2.10. The fourth-order valence-electron chi connectivity index (χ4n) is 3.86. The van der Waals surface area contributed by atoms with E-state index in [9.17, 15) is 4.79 Å². The van der Waals surface area contributed by atoms with Crippen molar-refractivity contribution in [2.75, 3.05) is 12.4 Å². The van der Waals surface area contributed by atoms with Gasteiger partial charge in [0.1, 0.15) is 0 Å². The van der Waals surface area contributed by atoms with Crippen molar-refractivity contribution in [1.82, 2.24) is 9.55 Å². The molecule has 0 bridgehead atoms. The molecule has 0 N–H and O–H groups in total. The van der Waals surface area contributed by atoms with Crippen LogP contribution in [-0.2, 0) is 4.74 Å². The second-order valence-electron chi connectivity index (χ2n) is 6.97. The van der Waals surface area contributed by atoms with Gasteiger partial charge in [0.15, 0.2) is 5.16 Å². The van der Waals surface area contributed by atoms with Gasteiger partial charge >= 0.3 is 0 Å². The van der Waals surface area contributed by atoms with Gasteiger partial charge in [0, 0.05) is 23.4 Å². The summed E-state index contributed by atoms with van der Waals surface area (Å²) < 4.78 is 7.69. The monoisotopic (exact) mass is 378 g/mol. The van der Waals surface area contributed by atoms with Gasteiger partial charge in [0.25, 0.3) is 5.56 Å². The van der Waals surface area contributed by atoms with E-state index in [2.05, 4.69) is 0 Å². The highest BCUT2D eigenvalue weighted by Crippen LogP contribution is 2.32. The number of fused-ring (bicyclic) bond motifs is 1. The van der Waals surface area contributed by atoms with Crippen molar-refractivity contribution in [3.63, 3.8) is 0 Å². The average Bonchev–Trinajstić information content (AvgIpc) is 3.14. The van der Waals surface area contributed by atoms with Crippen molar-refractivity contribution in [3.05, 3.63) is 33.6 Å². The first kappa shape index (κ1) is 17.4. The maximum Gasteiger partial charge on any atom is 0.262 e. The zero-order chi connectivity index (χ0) is 17.2. The molecule has 4 nitrogen and oxygen atoms in total. The van der Waals surface area contributed by atoms with Gasteiger partial charge in [0.2, 0.25) is 0 Å². The number of halogens is 1. The molecule has 0 radical (unpaired) electrons. The summed E-state index contributed by atoms with van der Waals surface area (Å²) in [5.74, 6) is 0.852. The Hall–Kier alpha value is -1.04. The van der Waals surface area contributed by atoms with Crippen molar-refractivity contribution in [2.45, 2.75) is 62.2 Å². The van der Waals surface area contributed by atoms with Crippen LogP contribution in [-0.4, -0.2) is 28.0 Å². The van der Waals surface area contributed by atoms with Gasteiger partial charge in [-0.2, -0.15) is 0 Å². The molecular formula is C19H23ClN2O2S. The maximum absolute atomic E-state index is 13.2. The summed E-state index contributed by atoms with van der Waals surface area (Å²) >= 11 is 7.77. The number of benzene rings is 1. The molecule has 0 spiro atoms. The predicted molar refractivity (Wildman–Crippen MR) is 103 cm³/mol. The van der Waals surface area contributed by atoms with E-state index in [1.165, 1.54) is 19.3 Å². The number of rotatable bonds is 4. The van der Waals surface area contributed by atoms with Gasteiger partial charge in [-0.25, -0.2) is 4.98 Å². The molecule has 0 unspecified atom stereocenters. The lowest BCUT2D eigenvalue weighted by molar-refractivity contribution is 0.128. The highest BCUT2D eigenvalue weighted by Gasteiger charge is 2.23. The van der Waals surface area contributed by atoms with Crippen LogP contribution in [0.25, 0.3) is 10.9 Å². The van der Waals surface area contributed by atoms with Crippen LogP contribution < -0.4 is 5.56 Å². The van der Waals surface area contributed by atoms with Crippen LogP contribution in [0.15, 0.2) is 28.2 Å². The lowest BCUT2D eigenvalue weighted by Crippen LogP contribution is -2.29. The molecule has 1 saturated carbocycles. The van der Waals surface area contributed by atoms with E-state index < -0.39 is 0 Å². The van der Waals surface area contributed by atoms with Crippen LogP contribution in [0.4, 0.5) is 0 Å². The van der Waals surface area contributed by atoms with Crippen LogP contribution in [0.3, 0.4) is 0 Å². The maximum atomic E-state index is 13.2. The molecule has 2 aromatic rings. The molecule has 6 heteroatoms. The molecule has 1 aromatic carbocycles. The Morgan fingerprint density at radius 1 is 1.20 bits per heavy atom. The zero-order valence-corrected chi connectivity index (χ0v) is 15.8. The smallest absolute Gasteiger partial charge is 0.262 e. The van der Waals surface area contributed by atoms with Crippen LogP contribution in [0, 0.1) is 0 Å². The van der Waals surface area contributed by atoms with Crippen LogP contribution >= 0.6 is 23.4 Å². The number of ether oxygens (including phenoxy) is 1. The highest BCUT2D eigenvalue weighted by molar-refractivity contribution is 7.99. The van der Waals surface area contributed by atoms with Crippen LogP contribution in [0.5, 0.6) is 0 Å². The number of hydrogen-bond donors (Lipinski definition) is 0. The Kier molecular flexibility index (Phi) is 5.34. The quantitative estimate of drug-likeness (QED) is 0.564. The van der Waals surface area contributed by atoms with E-state index in [1.807, 2.05) is 4.57 Å². The normalized spacial score (nSPS) is 21.9. The van der Waals surface area contributed by atoms with E-state index in [4.69, 9.17) is 21.3 Å². The molecule has 2 heterocycles. The van der Waals surface area contributed by atoms with Gasteiger partial charge in [-0.1, -0.05) is 42.6 Å². The summed E-state index contributed by atoms with van der Waals surface area (Å²) in [6.45, 7) is 0.849. The van der Waals surface area contributed by atoms with Crippen LogP contribution in [0.1, 0.15) is 51.0 Å². The standard InChI is InChI=1S/C19H23ClN2O2S/c20-13-8-9-16-17(11-13)21-19(25-12-15-7-4-10-24-15)22(18(16)23)14-5-2-1-3-6-14/h8-9,11,14-15H,1-7,10,12H2/t15-/m1/s1. The number of aromatic nitrogens is 2. The molecular weight excluding hydrogens is 356 g/mol. The minimum atomic E-state index is 0.0726. The molecule has 1 aromatic heterocycles. The SMILES string of the molecule is O=c1c2ccc(Cl)cc2nc(SC[C@H]2CCCO2)n1C1CCCCC1. The average molecular weight is 379 g/mol. The van der Waals surface area contributed by atoms with Gasteiger partial charge in [-0.3, -0.25) is 9.36 Å². The van der Waals surface area contributed by atoms with E-state index in [1.54, 1.807) is 30.0 Å². The molecule has 1 aliphatic heterocycles. The molecule has 2 aliphatic rings. The first-order chi connectivity index (χ1) is 12.2. The second-order valence-corrected chi connectivity index (χ2v) is 8.39. The Balaban J connectivity index is 1.74. The Bertz CT molecular complexity index is 811. The fraction of sp³-hybridized carbons (Fsp3) is 0.579. The van der Waals surface area contributed by atoms with E-state index in [-0.39, 0.29) is 17.7 Å². The first-order valence-electron chi connectivity index (χ1n) is 9.18. The van der Waals surface area contributed by atoms with Gasteiger partial charge in [-0.05, 0) is 43.9 Å². The minimum absolute atomic E-state index is 0.0726. The molecule has 1 saturated heterocycles. The van der Waals surface area contributed by atoms with Gasteiger partial charge in [0.05, 0.1) is 17.0 Å². The van der Waals surface area contributed by atoms with E-state index in [0.717, 1.165) is 43.2 Å². The Labute approximate surface area is 156 Å². The van der Waals surface area contributed by atoms with Crippen molar-refractivity contribution in [3.8, 4) is 0 Å². The summed E-state index contributed by atoms with van der Waals surface area (Å²) in [6.07, 6.45) is 8.26. The van der Waals surface area contributed by atoms with Crippen molar-refractivity contribution >= 4 is 34.3 Å². The molecule has 134 valence electrons. The van der Waals surface area contributed by atoms with E-state index in [0.29, 0.717) is 15.9 Å². The highest BCUT2D eigenvalue weighted by atomic mass is 35.5. The third-order valence-corrected chi connectivity index (χ3v) is 6.51. The summed E-state index contributed by atoms with van der Waals surface area (Å²) in [5.41, 5.74) is 0.766. The summed E-state index contributed by atoms with van der Waals surface area (Å²) in [7, 11) is 0. The topological polar surface area (TPSA) is 44.1 Å². The Morgan fingerprint density at radius 3 is 2.80 bits per heavy atom. The van der Waals surface area contributed by atoms with Crippen molar-refractivity contribution < 1.29 is 4.74 Å².